The summed E-state index contributed by atoms with van der Waals surface area (Å²) in [5.74, 6) is 1.28. The molecule has 0 saturated carbocycles. The fraction of sp³-hybridized carbons (Fsp3) is 0.750. The molecular formula is C8H13N3O2. The molecular weight excluding hydrogens is 170 g/mol. The van der Waals surface area contributed by atoms with E-state index in [1.54, 1.807) is 6.92 Å². The molecule has 1 aliphatic heterocycles. The Balaban J connectivity index is 2.14. The molecule has 0 aliphatic carbocycles. The van der Waals surface area contributed by atoms with E-state index in [0.29, 0.717) is 11.7 Å². The standard InChI is InChI=1S/C8H13N3O2/c1-5-7(9-3-4-12-5)8-10-6(2)11-13-8/h5,7,9H,3-4H2,1-2H3. The average molecular weight is 183 g/mol. The third-order valence-corrected chi connectivity index (χ3v) is 2.13. The quantitative estimate of drug-likeness (QED) is 0.684. The second-order valence-electron chi connectivity index (χ2n) is 3.19. The Labute approximate surface area is 76.5 Å². The summed E-state index contributed by atoms with van der Waals surface area (Å²) in [5, 5.41) is 7.02. The van der Waals surface area contributed by atoms with Gasteiger partial charge in [0.15, 0.2) is 5.82 Å². The molecule has 1 N–H and O–H groups in total. The molecule has 0 spiro atoms. The molecule has 1 aromatic rings. The molecule has 2 unspecified atom stereocenters. The van der Waals surface area contributed by atoms with E-state index in [4.69, 9.17) is 9.26 Å². The Bertz CT molecular complexity index is 287. The summed E-state index contributed by atoms with van der Waals surface area (Å²) in [7, 11) is 0. The van der Waals surface area contributed by atoms with E-state index in [-0.39, 0.29) is 12.1 Å². The second-order valence-corrected chi connectivity index (χ2v) is 3.19. The number of aryl methyl sites for hydroxylation is 1. The van der Waals surface area contributed by atoms with Crippen LogP contribution < -0.4 is 5.32 Å². The Hall–Kier alpha value is -0.940. The Kier molecular flexibility index (Phi) is 2.28. The van der Waals surface area contributed by atoms with Crippen molar-refractivity contribution in [3.05, 3.63) is 11.7 Å². The highest BCUT2D eigenvalue weighted by Crippen LogP contribution is 2.19. The minimum atomic E-state index is 0.0370. The minimum Gasteiger partial charge on any atom is -0.375 e. The number of nitrogens with one attached hydrogen (secondary N) is 1. The van der Waals surface area contributed by atoms with Crippen molar-refractivity contribution in [1.82, 2.24) is 15.5 Å². The molecule has 0 bridgehead atoms. The summed E-state index contributed by atoms with van der Waals surface area (Å²) >= 11 is 0. The second kappa shape index (κ2) is 3.43. The molecule has 0 amide bonds. The zero-order valence-electron chi connectivity index (χ0n) is 7.78. The Morgan fingerprint density at radius 2 is 2.38 bits per heavy atom. The van der Waals surface area contributed by atoms with Gasteiger partial charge in [0.1, 0.15) is 6.04 Å². The van der Waals surface area contributed by atoms with Crippen molar-refractivity contribution < 1.29 is 9.26 Å². The van der Waals surface area contributed by atoms with Gasteiger partial charge in [-0.1, -0.05) is 5.16 Å². The van der Waals surface area contributed by atoms with E-state index in [0.717, 1.165) is 13.2 Å². The first-order valence-corrected chi connectivity index (χ1v) is 4.42. The molecule has 1 aromatic heterocycles. The van der Waals surface area contributed by atoms with Gasteiger partial charge in [-0.3, -0.25) is 0 Å². The van der Waals surface area contributed by atoms with E-state index >= 15 is 0 Å². The van der Waals surface area contributed by atoms with Crippen LogP contribution in [0.25, 0.3) is 0 Å². The molecule has 13 heavy (non-hydrogen) atoms. The third kappa shape index (κ3) is 1.71. The van der Waals surface area contributed by atoms with Crippen LogP contribution >= 0.6 is 0 Å². The van der Waals surface area contributed by atoms with Crippen molar-refractivity contribution in [2.24, 2.45) is 0 Å². The largest absolute Gasteiger partial charge is 0.375 e. The highest BCUT2D eigenvalue weighted by molar-refractivity contribution is 4.95. The number of ether oxygens (including phenoxy) is 1. The van der Waals surface area contributed by atoms with Crippen molar-refractivity contribution in [3.8, 4) is 0 Å². The smallest absolute Gasteiger partial charge is 0.246 e. The molecule has 2 rings (SSSR count). The van der Waals surface area contributed by atoms with Crippen LogP contribution in [0.5, 0.6) is 0 Å². The lowest BCUT2D eigenvalue weighted by molar-refractivity contribution is -0.00136. The minimum absolute atomic E-state index is 0.0370. The first-order chi connectivity index (χ1) is 6.27. The number of rotatable bonds is 1. The summed E-state index contributed by atoms with van der Waals surface area (Å²) in [5.41, 5.74) is 0. The number of hydrogen-bond donors (Lipinski definition) is 1. The van der Waals surface area contributed by atoms with Gasteiger partial charge in [-0.15, -0.1) is 0 Å². The van der Waals surface area contributed by atoms with E-state index in [1.807, 2.05) is 6.92 Å². The van der Waals surface area contributed by atoms with Gasteiger partial charge in [0.25, 0.3) is 0 Å². The van der Waals surface area contributed by atoms with Crippen molar-refractivity contribution in [2.45, 2.75) is 26.0 Å². The summed E-state index contributed by atoms with van der Waals surface area (Å²) in [6.45, 7) is 5.37. The lowest BCUT2D eigenvalue weighted by Crippen LogP contribution is -2.40. The van der Waals surface area contributed by atoms with Gasteiger partial charge in [-0.2, -0.15) is 4.98 Å². The third-order valence-electron chi connectivity index (χ3n) is 2.13. The molecule has 5 heteroatoms. The van der Waals surface area contributed by atoms with Crippen LogP contribution in [0.3, 0.4) is 0 Å². The van der Waals surface area contributed by atoms with Crippen LogP contribution in [-0.4, -0.2) is 29.4 Å². The fourth-order valence-corrected chi connectivity index (χ4v) is 1.45. The SMILES string of the molecule is Cc1noc(C2NCCOC2C)n1. The van der Waals surface area contributed by atoms with Crippen LogP contribution in [0.2, 0.25) is 0 Å². The zero-order chi connectivity index (χ0) is 9.26. The highest BCUT2D eigenvalue weighted by atomic mass is 16.5. The van der Waals surface area contributed by atoms with Crippen molar-refractivity contribution in [3.63, 3.8) is 0 Å². The number of morpholine rings is 1. The van der Waals surface area contributed by atoms with E-state index in [9.17, 15) is 0 Å². The lowest BCUT2D eigenvalue weighted by atomic mass is 10.1. The van der Waals surface area contributed by atoms with Gasteiger partial charge in [-0.05, 0) is 13.8 Å². The van der Waals surface area contributed by atoms with Gasteiger partial charge in [0.2, 0.25) is 5.89 Å². The summed E-state index contributed by atoms with van der Waals surface area (Å²) in [6.07, 6.45) is 0.0913. The molecule has 2 heterocycles. The number of aromatic nitrogens is 2. The molecule has 0 aromatic carbocycles. The predicted octanol–water partition coefficient (Wildman–Crippen LogP) is 0.427. The van der Waals surface area contributed by atoms with Crippen molar-refractivity contribution in [1.29, 1.82) is 0 Å². The van der Waals surface area contributed by atoms with Gasteiger partial charge < -0.3 is 14.6 Å². The Morgan fingerprint density at radius 1 is 1.54 bits per heavy atom. The molecule has 2 atom stereocenters. The van der Waals surface area contributed by atoms with Gasteiger partial charge >= 0.3 is 0 Å². The predicted molar refractivity (Wildman–Crippen MR) is 45.2 cm³/mol. The van der Waals surface area contributed by atoms with E-state index in [1.165, 1.54) is 0 Å². The average Bonchev–Trinajstić information content (AvgIpc) is 2.53. The van der Waals surface area contributed by atoms with Gasteiger partial charge in [-0.25, -0.2) is 0 Å². The first-order valence-electron chi connectivity index (χ1n) is 4.42. The summed E-state index contributed by atoms with van der Waals surface area (Å²) < 4.78 is 10.5. The normalized spacial score (nSPS) is 29.1. The maximum absolute atomic E-state index is 5.46. The topological polar surface area (TPSA) is 60.2 Å². The van der Waals surface area contributed by atoms with Crippen molar-refractivity contribution >= 4 is 0 Å². The Morgan fingerprint density at radius 3 is 3.00 bits per heavy atom. The molecule has 72 valence electrons. The maximum atomic E-state index is 5.46. The van der Waals surface area contributed by atoms with Crippen LogP contribution in [0.1, 0.15) is 24.7 Å². The molecule has 1 aliphatic rings. The van der Waals surface area contributed by atoms with Crippen LogP contribution in [0.4, 0.5) is 0 Å². The number of hydrogen-bond acceptors (Lipinski definition) is 5. The molecule has 1 fully saturated rings. The molecule has 1 saturated heterocycles. The van der Waals surface area contributed by atoms with E-state index in [2.05, 4.69) is 15.5 Å². The monoisotopic (exact) mass is 183 g/mol. The van der Waals surface area contributed by atoms with Crippen LogP contribution in [0.15, 0.2) is 4.52 Å². The zero-order valence-corrected chi connectivity index (χ0v) is 7.78. The molecule has 5 nitrogen and oxygen atoms in total. The lowest BCUT2D eigenvalue weighted by Gasteiger charge is -2.27. The maximum Gasteiger partial charge on any atom is 0.246 e. The first kappa shape index (κ1) is 8.65. The van der Waals surface area contributed by atoms with Crippen LogP contribution in [-0.2, 0) is 4.74 Å². The van der Waals surface area contributed by atoms with Gasteiger partial charge in [0.05, 0.1) is 12.7 Å². The summed E-state index contributed by atoms with van der Waals surface area (Å²) in [6, 6.07) is 0.0370. The highest BCUT2D eigenvalue weighted by Gasteiger charge is 2.27. The number of nitrogens with zero attached hydrogens (tertiary/aromatic N) is 2. The fourth-order valence-electron chi connectivity index (χ4n) is 1.45. The summed E-state index contributed by atoms with van der Waals surface area (Å²) in [4.78, 5) is 4.16. The van der Waals surface area contributed by atoms with Crippen LogP contribution in [0, 0.1) is 6.92 Å². The molecule has 0 radical (unpaired) electrons. The van der Waals surface area contributed by atoms with E-state index < -0.39 is 0 Å². The van der Waals surface area contributed by atoms with Crippen molar-refractivity contribution in [2.75, 3.05) is 13.2 Å². The van der Waals surface area contributed by atoms with Gasteiger partial charge in [0, 0.05) is 6.54 Å².